The summed E-state index contributed by atoms with van der Waals surface area (Å²) < 4.78 is 0. The second-order valence-electron chi connectivity index (χ2n) is 5.26. The van der Waals surface area contributed by atoms with Crippen LogP contribution in [0, 0.1) is 6.92 Å². The lowest BCUT2D eigenvalue weighted by Gasteiger charge is -2.24. The van der Waals surface area contributed by atoms with Crippen LogP contribution in [0.15, 0.2) is 30.3 Å². The highest BCUT2D eigenvalue weighted by molar-refractivity contribution is 5.59. The predicted molar refractivity (Wildman–Crippen MR) is 80.4 cm³/mol. The first kappa shape index (κ1) is 12.9. The van der Waals surface area contributed by atoms with Crippen LogP contribution in [0.1, 0.15) is 24.0 Å². The molecule has 0 saturated heterocycles. The molecule has 0 amide bonds. The van der Waals surface area contributed by atoms with E-state index in [1.807, 2.05) is 13.0 Å². The molecule has 3 rings (SSSR count). The Morgan fingerprint density at radius 1 is 1.35 bits per heavy atom. The van der Waals surface area contributed by atoms with Crippen molar-refractivity contribution in [3.05, 3.63) is 47.4 Å². The number of hydrazine groups is 1. The Balaban J connectivity index is 1.90. The third-order valence-electron chi connectivity index (χ3n) is 3.71. The minimum Gasteiger partial charge on any atom is -0.361 e. The molecule has 20 heavy (non-hydrogen) atoms. The van der Waals surface area contributed by atoms with Gasteiger partial charge < -0.3 is 10.3 Å². The first-order valence-corrected chi connectivity index (χ1v) is 6.83. The summed E-state index contributed by atoms with van der Waals surface area (Å²) in [5, 5.41) is 0. The van der Waals surface area contributed by atoms with Crippen molar-refractivity contribution in [1.29, 1.82) is 0 Å². The molecule has 5 nitrogen and oxygen atoms in total. The summed E-state index contributed by atoms with van der Waals surface area (Å²) >= 11 is 0. The van der Waals surface area contributed by atoms with Crippen molar-refractivity contribution < 1.29 is 0 Å². The smallest absolute Gasteiger partial charge is 0.150 e. The van der Waals surface area contributed by atoms with E-state index in [1.165, 1.54) is 11.3 Å². The van der Waals surface area contributed by atoms with E-state index in [4.69, 9.17) is 5.84 Å². The molecule has 0 bridgehead atoms. The van der Waals surface area contributed by atoms with Gasteiger partial charge in [-0.1, -0.05) is 18.2 Å². The van der Waals surface area contributed by atoms with Gasteiger partial charge in [0.1, 0.15) is 11.6 Å². The number of aromatic nitrogens is 2. The zero-order valence-electron chi connectivity index (χ0n) is 11.8. The van der Waals surface area contributed by atoms with Gasteiger partial charge >= 0.3 is 0 Å². The number of nitrogen functional groups attached to an aromatic ring is 1. The molecule has 3 N–H and O–H groups in total. The van der Waals surface area contributed by atoms with Crippen LogP contribution in [0.25, 0.3) is 0 Å². The van der Waals surface area contributed by atoms with Crippen molar-refractivity contribution in [2.75, 3.05) is 10.3 Å². The van der Waals surface area contributed by atoms with E-state index in [1.54, 1.807) is 0 Å². The number of anilines is 2. The molecular formula is C15H19N5. The van der Waals surface area contributed by atoms with Crippen molar-refractivity contribution in [3.63, 3.8) is 0 Å². The molecule has 1 aromatic heterocycles. The first-order chi connectivity index (χ1) is 9.67. The number of para-hydroxylation sites is 1. The largest absolute Gasteiger partial charge is 0.361 e. The molecule has 0 aliphatic carbocycles. The number of nitrogens with zero attached hydrogens (tertiary/aromatic N) is 3. The summed E-state index contributed by atoms with van der Waals surface area (Å²) in [5.41, 5.74) is 6.19. The van der Waals surface area contributed by atoms with Crippen molar-refractivity contribution in [1.82, 2.24) is 9.97 Å². The molecule has 2 aromatic rings. The van der Waals surface area contributed by atoms with E-state index in [2.05, 4.69) is 51.5 Å². The monoisotopic (exact) mass is 269 g/mol. The molecule has 2 heterocycles. The molecule has 1 aliphatic rings. The van der Waals surface area contributed by atoms with Gasteiger partial charge in [-0.3, -0.25) is 0 Å². The Morgan fingerprint density at radius 3 is 2.95 bits per heavy atom. The standard InChI is InChI=1S/C15H19N5/c1-10-7-14(19-16)18-15(17-10)9-20-11(2)8-12-5-3-4-6-13(12)20/h3-7,11H,8-9,16H2,1-2H3,(H,17,18,19). The average Bonchev–Trinajstić information content (AvgIpc) is 2.75. The number of hydrogen-bond acceptors (Lipinski definition) is 5. The lowest BCUT2D eigenvalue weighted by Crippen LogP contribution is -2.29. The van der Waals surface area contributed by atoms with Gasteiger partial charge in [0, 0.05) is 23.5 Å². The maximum Gasteiger partial charge on any atom is 0.150 e. The highest BCUT2D eigenvalue weighted by Crippen LogP contribution is 2.32. The van der Waals surface area contributed by atoms with Gasteiger partial charge in [-0.15, -0.1) is 0 Å². The highest BCUT2D eigenvalue weighted by atomic mass is 15.3. The van der Waals surface area contributed by atoms with Crippen LogP contribution < -0.4 is 16.2 Å². The lowest BCUT2D eigenvalue weighted by atomic mass is 10.1. The summed E-state index contributed by atoms with van der Waals surface area (Å²) in [5.74, 6) is 6.90. The minimum atomic E-state index is 0.464. The number of benzene rings is 1. The number of nitrogens with one attached hydrogen (secondary N) is 1. The van der Waals surface area contributed by atoms with Gasteiger partial charge in [0.25, 0.3) is 0 Å². The molecule has 0 spiro atoms. The van der Waals surface area contributed by atoms with Crippen LogP contribution in [0.4, 0.5) is 11.5 Å². The van der Waals surface area contributed by atoms with Gasteiger partial charge in [0.15, 0.2) is 0 Å². The van der Waals surface area contributed by atoms with E-state index in [-0.39, 0.29) is 0 Å². The van der Waals surface area contributed by atoms with E-state index in [0.29, 0.717) is 18.4 Å². The molecule has 1 aliphatic heterocycles. The number of hydrogen-bond donors (Lipinski definition) is 2. The zero-order valence-corrected chi connectivity index (χ0v) is 11.8. The van der Waals surface area contributed by atoms with E-state index >= 15 is 0 Å². The number of rotatable bonds is 3. The second-order valence-corrected chi connectivity index (χ2v) is 5.26. The number of nitrogens with two attached hydrogens (primary N) is 1. The summed E-state index contributed by atoms with van der Waals surface area (Å²) in [4.78, 5) is 11.3. The van der Waals surface area contributed by atoms with Gasteiger partial charge in [-0.05, 0) is 31.9 Å². The minimum absolute atomic E-state index is 0.464. The van der Waals surface area contributed by atoms with Crippen molar-refractivity contribution in [2.24, 2.45) is 5.84 Å². The molecule has 1 aromatic carbocycles. The fourth-order valence-electron chi connectivity index (χ4n) is 2.80. The van der Waals surface area contributed by atoms with Crippen LogP contribution in [-0.2, 0) is 13.0 Å². The van der Waals surface area contributed by atoms with Crippen molar-refractivity contribution in [2.45, 2.75) is 32.9 Å². The lowest BCUT2D eigenvalue weighted by molar-refractivity contribution is 0.654. The second kappa shape index (κ2) is 5.09. The van der Waals surface area contributed by atoms with Gasteiger partial charge in [-0.2, -0.15) is 0 Å². The Labute approximate surface area is 118 Å². The maximum atomic E-state index is 5.45. The predicted octanol–water partition coefficient (Wildman–Crippen LogP) is 2.02. The Kier molecular flexibility index (Phi) is 3.28. The number of fused-ring (bicyclic) bond motifs is 1. The summed E-state index contributed by atoms with van der Waals surface area (Å²) in [6.45, 7) is 4.89. The third kappa shape index (κ3) is 2.32. The summed E-state index contributed by atoms with van der Waals surface area (Å²) in [6, 6.07) is 10.8. The summed E-state index contributed by atoms with van der Waals surface area (Å²) in [7, 11) is 0. The number of aryl methyl sites for hydroxylation is 1. The van der Waals surface area contributed by atoms with Gasteiger partial charge in [-0.25, -0.2) is 15.8 Å². The van der Waals surface area contributed by atoms with E-state index in [9.17, 15) is 0 Å². The molecular weight excluding hydrogens is 250 g/mol. The van der Waals surface area contributed by atoms with Crippen molar-refractivity contribution in [3.8, 4) is 0 Å². The molecule has 1 atom stereocenters. The van der Waals surface area contributed by atoms with Crippen LogP contribution in [0.3, 0.4) is 0 Å². The molecule has 5 heteroatoms. The Morgan fingerprint density at radius 2 is 2.15 bits per heavy atom. The molecule has 104 valence electrons. The highest BCUT2D eigenvalue weighted by Gasteiger charge is 2.26. The Bertz CT molecular complexity index is 625. The SMILES string of the molecule is Cc1cc(NN)nc(CN2c3ccccc3CC2C)n1. The van der Waals surface area contributed by atoms with Gasteiger partial charge in [0.2, 0.25) is 0 Å². The molecule has 1 unspecified atom stereocenters. The normalized spacial score (nSPS) is 17.1. The van der Waals surface area contributed by atoms with Crippen LogP contribution in [0.5, 0.6) is 0 Å². The zero-order chi connectivity index (χ0) is 14.1. The molecule has 0 radical (unpaired) electrons. The van der Waals surface area contributed by atoms with Crippen LogP contribution in [-0.4, -0.2) is 16.0 Å². The van der Waals surface area contributed by atoms with E-state index < -0.39 is 0 Å². The maximum absolute atomic E-state index is 5.45. The van der Waals surface area contributed by atoms with E-state index in [0.717, 1.165) is 17.9 Å². The third-order valence-corrected chi connectivity index (χ3v) is 3.71. The Hall–Kier alpha value is -2.14. The topological polar surface area (TPSA) is 67.1 Å². The fraction of sp³-hybridized carbons (Fsp3) is 0.333. The van der Waals surface area contributed by atoms with Crippen LogP contribution >= 0.6 is 0 Å². The van der Waals surface area contributed by atoms with Crippen LogP contribution in [0.2, 0.25) is 0 Å². The fourth-order valence-corrected chi connectivity index (χ4v) is 2.80. The van der Waals surface area contributed by atoms with Gasteiger partial charge in [0.05, 0.1) is 6.54 Å². The summed E-state index contributed by atoms with van der Waals surface area (Å²) in [6.07, 6.45) is 1.07. The molecule has 0 saturated carbocycles. The first-order valence-electron chi connectivity index (χ1n) is 6.83. The average molecular weight is 269 g/mol. The quantitative estimate of drug-likeness (QED) is 0.659. The van der Waals surface area contributed by atoms with Crippen molar-refractivity contribution >= 4 is 11.5 Å². The molecule has 0 fully saturated rings.